The Labute approximate surface area is 198 Å². The molecule has 12 nitrogen and oxygen atoms in total. The molecule has 188 valence electrons. The number of nitrogens with two attached hydrogens (primary N) is 1. The van der Waals surface area contributed by atoms with Crippen LogP contribution in [0.3, 0.4) is 0 Å². The highest BCUT2D eigenvalue weighted by atomic mass is 16.4. The van der Waals surface area contributed by atoms with E-state index in [-0.39, 0.29) is 12.3 Å². The van der Waals surface area contributed by atoms with Gasteiger partial charge in [0.25, 0.3) is 0 Å². The molecule has 0 radical (unpaired) electrons. The van der Waals surface area contributed by atoms with Crippen molar-refractivity contribution in [3.63, 3.8) is 0 Å². The monoisotopic (exact) mass is 478 g/mol. The molecule has 0 aliphatic rings. The zero-order valence-corrected chi connectivity index (χ0v) is 20.0. The number of amides is 4. The summed E-state index contributed by atoms with van der Waals surface area (Å²) in [6.07, 6.45) is 3.44. The van der Waals surface area contributed by atoms with Gasteiger partial charge >= 0.3 is 5.97 Å². The molecule has 0 aliphatic carbocycles. The maximum Gasteiger partial charge on any atom is 0.325 e. The molecule has 1 rings (SSSR count). The van der Waals surface area contributed by atoms with Crippen LogP contribution in [0.15, 0.2) is 24.5 Å². The first kappa shape index (κ1) is 28.5. The Kier molecular flexibility index (Phi) is 11.1. The fraction of sp³-hybridized carbons (Fsp3) is 0.545. The lowest BCUT2D eigenvalue weighted by atomic mass is 10.0. The van der Waals surface area contributed by atoms with Crippen molar-refractivity contribution in [3.8, 4) is 0 Å². The Balaban J connectivity index is 2.62. The zero-order chi connectivity index (χ0) is 26.0. The van der Waals surface area contributed by atoms with Gasteiger partial charge in [-0.05, 0) is 44.7 Å². The minimum atomic E-state index is -1.21. The SMILES string of the molecule is CC(C)[C@H](NC(=O)[C@H](C)NC(=O)[C@H](C)NC(=O)[C@@H](N)Cc1cccnc1)C(=O)N[C@@H](C)C(=O)O. The van der Waals surface area contributed by atoms with Gasteiger partial charge in [-0.1, -0.05) is 19.9 Å². The normalized spacial score (nSPS) is 15.3. The van der Waals surface area contributed by atoms with Gasteiger partial charge < -0.3 is 32.1 Å². The summed E-state index contributed by atoms with van der Waals surface area (Å²) in [7, 11) is 0. The molecule has 0 fully saturated rings. The molecule has 12 heteroatoms. The van der Waals surface area contributed by atoms with E-state index in [1.807, 2.05) is 0 Å². The van der Waals surface area contributed by atoms with Gasteiger partial charge in [0.1, 0.15) is 24.2 Å². The number of rotatable bonds is 12. The summed E-state index contributed by atoms with van der Waals surface area (Å²) in [6, 6.07) is -1.51. The van der Waals surface area contributed by atoms with E-state index in [9.17, 15) is 24.0 Å². The predicted octanol–water partition coefficient (Wildman–Crippen LogP) is -1.31. The molecule has 0 saturated carbocycles. The van der Waals surface area contributed by atoms with Crippen LogP contribution in [0.1, 0.15) is 40.2 Å². The molecule has 0 bridgehead atoms. The van der Waals surface area contributed by atoms with Gasteiger partial charge in [0.2, 0.25) is 23.6 Å². The quantitative estimate of drug-likeness (QED) is 0.213. The molecule has 1 aromatic heterocycles. The molecule has 0 aliphatic heterocycles. The number of carbonyl (C=O) groups is 5. The van der Waals surface area contributed by atoms with Crippen molar-refractivity contribution in [2.24, 2.45) is 11.7 Å². The van der Waals surface area contributed by atoms with E-state index in [1.54, 1.807) is 38.4 Å². The van der Waals surface area contributed by atoms with E-state index in [4.69, 9.17) is 10.8 Å². The van der Waals surface area contributed by atoms with Gasteiger partial charge in [0, 0.05) is 12.4 Å². The number of hydrogen-bond donors (Lipinski definition) is 6. The smallest absolute Gasteiger partial charge is 0.325 e. The highest BCUT2D eigenvalue weighted by molar-refractivity contribution is 5.95. The second-order valence-corrected chi connectivity index (χ2v) is 8.43. The number of hydrogen-bond acceptors (Lipinski definition) is 7. The van der Waals surface area contributed by atoms with Crippen LogP contribution in [0.4, 0.5) is 0 Å². The second-order valence-electron chi connectivity index (χ2n) is 8.43. The van der Waals surface area contributed by atoms with Crippen LogP contribution in [0.25, 0.3) is 0 Å². The van der Waals surface area contributed by atoms with Crippen molar-refractivity contribution in [1.29, 1.82) is 0 Å². The van der Waals surface area contributed by atoms with Crippen molar-refractivity contribution in [1.82, 2.24) is 26.3 Å². The van der Waals surface area contributed by atoms with Crippen LogP contribution in [-0.2, 0) is 30.4 Å². The summed E-state index contributed by atoms with van der Waals surface area (Å²) in [5, 5.41) is 18.8. The Morgan fingerprint density at radius 1 is 0.853 bits per heavy atom. The molecule has 5 atom stereocenters. The maximum atomic E-state index is 12.5. The van der Waals surface area contributed by atoms with Crippen molar-refractivity contribution < 1.29 is 29.1 Å². The number of nitrogens with zero attached hydrogens (tertiary/aromatic N) is 1. The summed E-state index contributed by atoms with van der Waals surface area (Å²) in [4.78, 5) is 64.6. The van der Waals surface area contributed by atoms with E-state index < -0.39 is 59.8 Å². The molecule has 0 saturated heterocycles. The Bertz CT molecular complexity index is 878. The fourth-order valence-electron chi connectivity index (χ4n) is 2.83. The molecule has 4 amide bonds. The van der Waals surface area contributed by atoms with Crippen LogP contribution in [0.2, 0.25) is 0 Å². The molecule has 1 aromatic rings. The van der Waals surface area contributed by atoms with Gasteiger partial charge in [-0.2, -0.15) is 0 Å². The molecular weight excluding hydrogens is 444 g/mol. The number of carboxylic acid groups (broad SMARTS) is 1. The standard InChI is InChI=1S/C22H34N6O6/c1-11(2)17(21(32)27-14(5)22(33)34)28-19(30)13(4)25-18(29)12(3)26-20(31)16(23)9-15-7-6-8-24-10-15/h6-8,10-14,16-17H,9,23H2,1-5H3,(H,25,29)(H,26,31)(H,27,32)(H,28,30)(H,33,34)/t12-,13-,14-,16-,17-/m0/s1. The highest BCUT2D eigenvalue weighted by Gasteiger charge is 2.29. The Morgan fingerprint density at radius 3 is 1.88 bits per heavy atom. The summed E-state index contributed by atoms with van der Waals surface area (Å²) < 4.78 is 0. The van der Waals surface area contributed by atoms with E-state index in [1.165, 1.54) is 20.8 Å². The fourth-order valence-corrected chi connectivity index (χ4v) is 2.83. The van der Waals surface area contributed by atoms with Gasteiger partial charge in [-0.15, -0.1) is 0 Å². The summed E-state index contributed by atoms with van der Waals surface area (Å²) >= 11 is 0. The lowest BCUT2D eigenvalue weighted by Gasteiger charge is -2.25. The summed E-state index contributed by atoms with van der Waals surface area (Å²) in [5.41, 5.74) is 6.67. The first-order valence-electron chi connectivity index (χ1n) is 10.9. The molecule has 34 heavy (non-hydrogen) atoms. The number of pyridine rings is 1. The Hall–Kier alpha value is -3.54. The third kappa shape index (κ3) is 9.14. The largest absolute Gasteiger partial charge is 0.480 e. The second kappa shape index (κ2) is 13.2. The number of nitrogens with one attached hydrogen (secondary N) is 4. The predicted molar refractivity (Wildman–Crippen MR) is 123 cm³/mol. The maximum absolute atomic E-state index is 12.5. The van der Waals surface area contributed by atoms with Crippen LogP contribution in [0, 0.1) is 5.92 Å². The summed E-state index contributed by atoms with van der Waals surface area (Å²) in [5.74, 6) is -3.99. The first-order valence-corrected chi connectivity index (χ1v) is 10.9. The van der Waals surface area contributed by atoms with Crippen LogP contribution in [-0.4, -0.2) is 69.9 Å². The lowest BCUT2D eigenvalue weighted by Crippen LogP contribution is -2.58. The molecule has 0 spiro atoms. The van der Waals surface area contributed by atoms with E-state index >= 15 is 0 Å². The van der Waals surface area contributed by atoms with E-state index in [2.05, 4.69) is 26.3 Å². The van der Waals surface area contributed by atoms with Crippen molar-refractivity contribution in [2.75, 3.05) is 0 Å². The van der Waals surface area contributed by atoms with Crippen molar-refractivity contribution in [2.45, 2.75) is 71.2 Å². The molecule has 1 heterocycles. The minimum Gasteiger partial charge on any atom is -0.480 e. The number of carbonyl (C=O) groups excluding carboxylic acids is 4. The molecule has 7 N–H and O–H groups in total. The zero-order valence-electron chi connectivity index (χ0n) is 20.0. The average Bonchev–Trinajstić information content (AvgIpc) is 2.77. The topological polar surface area (TPSA) is 193 Å². The molecular formula is C22H34N6O6. The highest BCUT2D eigenvalue weighted by Crippen LogP contribution is 2.04. The van der Waals surface area contributed by atoms with E-state index in [0.29, 0.717) is 0 Å². The van der Waals surface area contributed by atoms with Crippen LogP contribution < -0.4 is 27.0 Å². The van der Waals surface area contributed by atoms with E-state index in [0.717, 1.165) is 5.56 Å². The number of aromatic nitrogens is 1. The molecule has 0 unspecified atom stereocenters. The van der Waals surface area contributed by atoms with Crippen molar-refractivity contribution in [3.05, 3.63) is 30.1 Å². The number of aliphatic carboxylic acids is 1. The van der Waals surface area contributed by atoms with Gasteiger partial charge in [0.05, 0.1) is 6.04 Å². The van der Waals surface area contributed by atoms with Gasteiger partial charge in [-0.25, -0.2) is 0 Å². The summed E-state index contributed by atoms with van der Waals surface area (Å²) in [6.45, 7) is 7.55. The van der Waals surface area contributed by atoms with Crippen molar-refractivity contribution >= 4 is 29.6 Å². The third-order valence-corrected chi connectivity index (χ3v) is 5.00. The van der Waals surface area contributed by atoms with Crippen LogP contribution in [0.5, 0.6) is 0 Å². The average molecular weight is 479 g/mol. The number of carboxylic acids is 1. The minimum absolute atomic E-state index is 0.242. The van der Waals surface area contributed by atoms with Gasteiger partial charge in [-0.3, -0.25) is 29.0 Å². The van der Waals surface area contributed by atoms with Crippen LogP contribution >= 0.6 is 0 Å². The Morgan fingerprint density at radius 2 is 1.38 bits per heavy atom. The molecule has 0 aromatic carbocycles. The lowest BCUT2D eigenvalue weighted by molar-refractivity contribution is -0.142. The third-order valence-electron chi connectivity index (χ3n) is 5.00. The van der Waals surface area contributed by atoms with Gasteiger partial charge in [0.15, 0.2) is 0 Å². The first-order chi connectivity index (χ1) is 15.8.